The van der Waals surface area contributed by atoms with Crippen molar-refractivity contribution < 1.29 is 9.47 Å². The van der Waals surface area contributed by atoms with E-state index in [1.54, 1.807) is 11.3 Å². The van der Waals surface area contributed by atoms with E-state index in [2.05, 4.69) is 15.4 Å². The van der Waals surface area contributed by atoms with Crippen molar-refractivity contribution in [3.63, 3.8) is 0 Å². The van der Waals surface area contributed by atoms with E-state index in [9.17, 15) is 0 Å². The number of nitrogens with two attached hydrogens (primary N) is 1. The highest BCUT2D eigenvalue weighted by molar-refractivity contribution is 7.16. The first-order valence-corrected chi connectivity index (χ1v) is 7.15. The van der Waals surface area contributed by atoms with Crippen LogP contribution in [0.3, 0.4) is 0 Å². The Bertz CT molecular complexity index is 554. The number of hydrogen-bond donors (Lipinski definition) is 2. The molecule has 0 unspecified atom stereocenters. The van der Waals surface area contributed by atoms with E-state index in [0.29, 0.717) is 18.2 Å². The lowest BCUT2D eigenvalue weighted by Gasteiger charge is -2.22. The van der Waals surface area contributed by atoms with Gasteiger partial charge in [-0.05, 0) is 24.3 Å². The largest absolute Gasteiger partial charge is 0.381 e. The summed E-state index contributed by atoms with van der Waals surface area (Å²) in [6.07, 6.45) is 2.11. The highest BCUT2D eigenvalue weighted by Crippen LogP contribution is 2.24. The Morgan fingerprint density at radius 3 is 3.05 bits per heavy atom. The van der Waals surface area contributed by atoms with E-state index in [4.69, 9.17) is 15.3 Å². The third kappa shape index (κ3) is 2.84. The van der Waals surface area contributed by atoms with Gasteiger partial charge in [-0.1, -0.05) is 0 Å². The molecule has 3 heterocycles. The predicted octanol–water partition coefficient (Wildman–Crippen LogP) is 1.67. The lowest BCUT2D eigenvalue weighted by Crippen LogP contribution is -2.23. The van der Waals surface area contributed by atoms with Crippen molar-refractivity contribution >= 4 is 27.4 Å². The van der Waals surface area contributed by atoms with Gasteiger partial charge in [-0.15, -0.1) is 11.3 Å². The van der Waals surface area contributed by atoms with E-state index in [1.165, 1.54) is 0 Å². The fourth-order valence-corrected chi connectivity index (χ4v) is 2.89. The molecule has 0 atom stereocenters. The van der Waals surface area contributed by atoms with Crippen LogP contribution in [0.25, 0.3) is 10.2 Å². The van der Waals surface area contributed by atoms with Gasteiger partial charge in [0.1, 0.15) is 11.4 Å². The molecule has 1 fully saturated rings. The summed E-state index contributed by atoms with van der Waals surface area (Å²) in [5, 5.41) is 2.92. The fraction of sp³-hybridized carbons (Fsp3) is 0.500. The van der Waals surface area contributed by atoms with Gasteiger partial charge in [-0.3, -0.25) is 0 Å². The molecular formula is C12H16N4O2S. The molecule has 19 heavy (non-hydrogen) atoms. The number of thiophene rings is 1. The SMILES string of the molecule is NNc1nc(COC2CCOCC2)nc2sccc12. The quantitative estimate of drug-likeness (QED) is 0.655. The maximum atomic E-state index is 5.83. The van der Waals surface area contributed by atoms with E-state index in [-0.39, 0.29) is 6.10 Å². The van der Waals surface area contributed by atoms with Crippen LogP contribution in [0.1, 0.15) is 18.7 Å². The Balaban J connectivity index is 1.73. The maximum Gasteiger partial charge on any atom is 0.158 e. The summed E-state index contributed by atoms with van der Waals surface area (Å²) in [7, 11) is 0. The minimum Gasteiger partial charge on any atom is -0.381 e. The van der Waals surface area contributed by atoms with E-state index in [0.717, 1.165) is 36.3 Å². The standard InChI is InChI=1S/C12H16N4O2S/c13-16-11-9-3-6-19-12(9)15-10(14-11)7-18-8-1-4-17-5-2-8/h3,6,8H,1-2,4-5,7,13H2,(H,14,15,16). The van der Waals surface area contributed by atoms with Gasteiger partial charge in [0.15, 0.2) is 11.6 Å². The third-order valence-corrected chi connectivity index (χ3v) is 3.93. The summed E-state index contributed by atoms with van der Waals surface area (Å²) in [4.78, 5) is 9.79. The van der Waals surface area contributed by atoms with Crippen LogP contribution in [-0.2, 0) is 16.1 Å². The molecule has 0 amide bonds. The number of aromatic nitrogens is 2. The number of hydrogen-bond acceptors (Lipinski definition) is 7. The number of nitrogen functional groups attached to an aromatic ring is 1. The molecule has 0 spiro atoms. The molecule has 0 aliphatic carbocycles. The van der Waals surface area contributed by atoms with Gasteiger partial charge in [-0.2, -0.15) is 0 Å². The summed E-state index contributed by atoms with van der Waals surface area (Å²) in [5.41, 5.74) is 2.61. The Morgan fingerprint density at radius 1 is 1.42 bits per heavy atom. The van der Waals surface area contributed by atoms with Crippen molar-refractivity contribution in [3.05, 3.63) is 17.3 Å². The van der Waals surface area contributed by atoms with Crippen LogP contribution in [0.15, 0.2) is 11.4 Å². The second-order valence-electron chi connectivity index (χ2n) is 4.39. The summed E-state index contributed by atoms with van der Waals surface area (Å²) in [6, 6.07) is 1.96. The number of rotatable bonds is 4. The van der Waals surface area contributed by atoms with Gasteiger partial charge < -0.3 is 14.9 Å². The third-order valence-electron chi connectivity index (χ3n) is 3.12. The zero-order chi connectivity index (χ0) is 13.1. The van der Waals surface area contributed by atoms with Crippen LogP contribution in [-0.4, -0.2) is 29.3 Å². The monoisotopic (exact) mass is 280 g/mol. The minimum atomic E-state index is 0.241. The molecule has 0 bridgehead atoms. The molecule has 1 saturated heterocycles. The smallest absolute Gasteiger partial charge is 0.158 e. The van der Waals surface area contributed by atoms with Crippen LogP contribution in [0.4, 0.5) is 5.82 Å². The first-order chi connectivity index (χ1) is 9.36. The topological polar surface area (TPSA) is 82.3 Å². The molecule has 102 valence electrons. The Kier molecular flexibility index (Phi) is 3.88. The second kappa shape index (κ2) is 5.79. The first-order valence-electron chi connectivity index (χ1n) is 6.27. The van der Waals surface area contributed by atoms with Crippen LogP contribution < -0.4 is 11.3 Å². The lowest BCUT2D eigenvalue weighted by molar-refractivity contribution is -0.0408. The molecule has 1 aliphatic heterocycles. The maximum absolute atomic E-state index is 5.83. The van der Waals surface area contributed by atoms with Crippen molar-refractivity contribution in [2.45, 2.75) is 25.6 Å². The molecule has 0 aromatic carbocycles. The van der Waals surface area contributed by atoms with Crippen LogP contribution in [0.5, 0.6) is 0 Å². The van der Waals surface area contributed by atoms with Crippen molar-refractivity contribution in [1.82, 2.24) is 9.97 Å². The normalized spacial score (nSPS) is 16.9. The summed E-state index contributed by atoms with van der Waals surface area (Å²) in [5.74, 6) is 6.80. The summed E-state index contributed by atoms with van der Waals surface area (Å²) < 4.78 is 11.1. The number of nitrogens with one attached hydrogen (secondary N) is 1. The molecule has 0 radical (unpaired) electrons. The molecule has 6 nitrogen and oxygen atoms in total. The summed E-state index contributed by atoms with van der Waals surface area (Å²) >= 11 is 1.57. The van der Waals surface area contributed by atoms with Crippen molar-refractivity contribution in [3.8, 4) is 0 Å². The average Bonchev–Trinajstić information content (AvgIpc) is 2.93. The molecular weight excluding hydrogens is 264 g/mol. The molecule has 3 N–H and O–H groups in total. The number of ether oxygens (including phenoxy) is 2. The van der Waals surface area contributed by atoms with E-state index in [1.807, 2.05) is 11.4 Å². The Hall–Kier alpha value is -1.28. The fourth-order valence-electron chi connectivity index (χ4n) is 2.11. The van der Waals surface area contributed by atoms with Gasteiger partial charge in [0.2, 0.25) is 0 Å². The van der Waals surface area contributed by atoms with Crippen LogP contribution >= 0.6 is 11.3 Å². The van der Waals surface area contributed by atoms with Crippen LogP contribution in [0.2, 0.25) is 0 Å². The molecule has 2 aromatic rings. The van der Waals surface area contributed by atoms with Crippen LogP contribution in [0, 0.1) is 0 Å². The molecule has 1 aliphatic rings. The van der Waals surface area contributed by atoms with Crippen molar-refractivity contribution in [1.29, 1.82) is 0 Å². The first kappa shape index (κ1) is 12.7. The molecule has 3 rings (SSSR count). The van der Waals surface area contributed by atoms with Gasteiger partial charge in [0, 0.05) is 13.2 Å². The lowest BCUT2D eigenvalue weighted by atomic mass is 10.2. The highest BCUT2D eigenvalue weighted by atomic mass is 32.1. The molecule has 7 heteroatoms. The minimum absolute atomic E-state index is 0.241. The Morgan fingerprint density at radius 2 is 2.26 bits per heavy atom. The van der Waals surface area contributed by atoms with E-state index >= 15 is 0 Å². The van der Waals surface area contributed by atoms with Gasteiger partial charge in [0.05, 0.1) is 11.5 Å². The molecule has 0 saturated carbocycles. The highest BCUT2D eigenvalue weighted by Gasteiger charge is 2.15. The average molecular weight is 280 g/mol. The number of nitrogens with zero attached hydrogens (tertiary/aromatic N) is 2. The van der Waals surface area contributed by atoms with Crippen molar-refractivity contribution in [2.24, 2.45) is 5.84 Å². The van der Waals surface area contributed by atoms with Gasteiger partial charge in [-0.25, -0.2) is 15.8 Å². The number of fused-ring (bicyclic) bond motifs is 1. The summed E-state index contributed by atoms with van der Waals surface area (Å²) in [6.45, 7) is 1.95. The number of hydrazine groups is 1. The Labute approximate surface area is 114 Å². The second-order valence-corrected chi connectivity index (χ2v) is 5.29. The zero-order valence-corrected chi connectivity index (χ0v) is 11.3. The van der Waals surface area contributed by atoms with Gasteiger partial charge >= 0.3 is 0 Å². The molecule has 2 aromatic heterocycles. The van der Waals surface area contributed by atoms with E-state index < -0.39 is 0 Å². The van der Waals surface area contributed by atoms with Crippen molar-refractivity contribution in [2.75, 3.05) is 18.6 Å². The van der Waals surface area contributed by atoms with Gasteiger partial charge in [0.25, 0.3) is 0 Å². The number of anilines is 1. The zero-order valence-electron chi connectivity index (χ0n) is 10.5. The predicted molar refractivity (Wildman–Crippen MR) is 73.9 cm³/mol.